The number of nitrogens with two attached hydrogens (primary N) is 1. The molecule has 0 amide bonds. The smallest absolute Gasteiger partial charge is 0.128 e. The van der Waals surface area contributed by atoms with Crippen molar-refractivity contribution in [1.82, 2.24) is 10.3 Å². The summed E-state index contributed by atoms with van der Waals surface area (Å²) in [5, 5.41) is 3.56. The summed E-state index contributed by atoms with van der Waals surface area (Å²) in [5.74, 6) is 0.599. The van der Waals surface area contributed by atoms with Crippen molar-refractivity contribution in [3.05, 3.63) is 59.8 Å². The van der Waals surface area contributed by atoms with Crippen molar-refractivity contribution in [2.75, 3.05) is 12.3 Å². The van der Waals surface area contributed by atoms with E-state index in [2.05, 4.69) is 61.4 Å². The van der Waals surface area contributed by atoms with Crippen molar-refractivity contribution in [2.24, 2.45) is 0 Å². The molecule has 0 saturated carbocycles. The third-order valence-electron chi connectivity index (χ3n) is 3.83. The van der Waals surface area contributed by atoms with Gasteiger partial charge in [-0.2, -0.15) is 0 Å². The lowest BCUT2D eigenvalue weighted by molar-refractivity contribution is 0.354. The Morgan fingerprint density at radius 3 is 2.45 bits per heavy atom. The van der Waals surface area contributed by atoms with Gasteiger partial charge in [0.2, 0.25) is 0 Å². The van der Waals surface area contributed by atoms with Crippen LogP contribution in [0.4, 0.5) is 5.82 Å². The monoisotopic (exact) mass is 269 g/mol. The van der Waals surface area contributed by atoms with Gasteiger partial charge in [-0.25, -0.2) is 4.98 Å². The van der Waals surface area contributed by atoms with Gasteiger partial charge in [0.1, 0.15) is 5.82 Å². The van der Waals surface area contributed by atoms with E-state index in [1.807, 2.05) is 12.1 Å². The molecule has 1 aromatic carbocycles. The quantitative estimate of drug-likeness (QED) is 0.875. The van der Waals surface area contributed by atoms with Gasteiger partial charge >= 0.3 is 0 Å². The number of rotatable bonds is 5. The summed E-state index contributed by atoms with van der Waals surface area (Å²) in [6, 6.07) is 14.6. The summed E-state index contributed by atoms with van der Waals surface area (Å²) in [5.41, 5.74) is 8.35. The number of nitrogens with zero attached hydrogens (tertiary/aromatic N) is 1. The second kappa shape index (κ2) is 6.06. The van der Waals surface area contributed by atoms with Gasteiger partial charge in [-0.1, -0.05) is 57.2 Å². The minimum atomic E-state index is -0.0750. The SMILES string of the molecule is CCNC(c1cccnc1N)C(C)(C)c1ccccc1. The van der Waals surface area contributed by atoms with E-state index in [4.69, 9.17) is 5.73 Å². The molecule has 0 saturated heterocycles. The zero-order valence-corrected chi connectivity index (χ0v) is 12.4. The molecule has 3 N–H and O–H groups in total. The number of likely N-dealkylation sites (N-methyl/N-ethyl adjacent to an activating group) is 1. The highest BCUT2D eigenvalue weighted by Crippen LogP contribution is 2.38. The number of anilines is 1. The van der Waals surface area contributed by atoms with Crippen LogP contribution in [0.2, 0.25) is 0 Å². The van der Waals surface area contributed by atoms with Crippen molar-refractivity contribution in [3.63, 3.8) is 0 Å². The minimum absolute atomic E-state index is 0.0750. The van der Waals surface area contributed by atoms with Crippen LogP contribution >= 0.6 is 0 Å². The Kier molecular flexibility index (Phi) is 4.40. The second-order valence-electron chi connectivity index (χ2n) is 5.56. The first-order valence-corrected chi connectivity index (χ1v) is 7.06. The fourth-order valence-electron chi connectivity index (χ4n) is 2.67. The third-order valence-corrected chi connectivity index (χ3v) is 3.83. The summed E-state index contributed by atoms with van der Waals surface area (Å²) >= 11 is 0. The molecule has 0 fully saturated rings. The predicted molar refractivity (Wildman–Crippen MR) is 84.5 cm³/mol. The van der Waals surface area contributed by atoms with E-state index in [0.29, 0.717) is 5.82 Å². The van der Waals surface area contributed by atoms with E-state index < -0.39 is 0 Å². The molecule has 20 heavy (non-hydrogen) atoms. The van der Waals surface area contributed by atoms with Crippen molar-refractivity contribution in [3.8, 4) is 0 Å². The summed E-state index contributed by atoms with van der Waals surface area (Å²) in [7, 11) is 0. The molecule has 1 atom stereocenters. The fourth-order valence-corrected chi connectivity index (χ4v) is 2.67. The Morgan fingerprint density at radius 2 is 1.85 bits per heavy atom. The molecule has 0 aliphatic heterocycles. The lowest BCUT2D eigenvalue weighted by Crippen LogP contribution is -2.38. The maximum Gasteiger partial charge on any atom is 0.128 e. The van der Waals surface area contributed by atoms with Gasteiger partial charge in [0.15, 0.2) is 0 Å². The first kappa shape index (κ1) is 14.5. The largest absolute Gasteiger partial charge is 0.383 e. The standard InChI is InChI=1S/C17H23N3/c1-4-19-15(14-11-8-12-20-16(14)18)17(2,3)13-9-6-5-7-10-13/h5-12,15,19H,4H2,1-3H3,(H2,18,20). The minimum Gasteiger partial charge on any atom is -0.383 e. The van der Waals surface area contributed by atoms with Gasteiger partial charge in [-0.3, -0.25) is 0 Å². The van der Waals surface area contributed by atoms with Crippen molar-refractivity contribution in [1.29, 1.82) is 0 Å². The van der Waals surface area contributed by atoms with E-state index in [-0.39, 0.29) is 11.5 Å². The van der Waals surface area contributed by atoms with E-state index in [0.717, 1.165) is 12.1 Å². The highest BCUT2D eigenvalue weighted by Gasteiger charge is 2.33. The maximum absolute atomic E-state index is 6.08. The van der Waals surface area contributed by atoms with E-state index in [9.17, 15) is 0 Å². The lowest BCUT2D eigenvalue weighted by Gasteiger charge is -2.36. The number of nitrogens with one attached hydrogen (secondary N) is 1. The van der Waals surface area contributed by atoms with Crippen molar-refractivity contribution in [2.45, 2.75) is 32.2 Å². The van der Waals surface area contributed by atoms with Gasteiger partial charge in [0.25, 0.3) is 0 Å². The first-order valence-electron chi connectivity index (χ1n) is 7.06. The molecular formula is C17H23N3. The third kappa shape index (κ3) is 2.83. The lowest BCUT2D eigenvalue weighted by atomic mass is 9.75. The van der Waals surface area contributed by atoms with Crippen LogP contribution < -0.4 is 11.1 Å². The van der Waals surface area contributed by atoms with Crippen LogP contribution in [0.1, 0.15) is 37.9 Å². The molecular weight excluding hydrogens is 246 g/mol. The molecule has 3 heteroatoms. The maximum atomic E-state index is 6.08. The number of pyridine rings is 1. The highest BCUT2D eigenvalue weighted by atomic mass is 14.9. The zero-order chi connectivity index (χ0) is 14.6. The average Bonchev–Trinajstić information content (AvgIpc) is 2.46. The normalized spacial score (nSPS) is 13.2. The molecule has 2 aromatic rings. The molecule has 1 aromatic heterocycles. The number of hydrogen-bond donors (Lipinski definition) is 2. The van der Waals surface area contributed by atoms with Gasteiger partial charge in [0.05, 0.1) is 0 Å². The molecule has 0 spiro atoms. The van der Waals surface area contributed by atoms with Gasteiger partial charge < -0.3 is 11.1 Å². The average molecular weight is 269 g/mol. The number of hydrogen-bond acceptors (Lipinski definition) is 3. The predicted octanol–water partition coefficient (Wildman–Crippen LogP) is 3.29. The van der Waals surface area contributed by atoms with Crippen molar-refractivity contribution < 1.29 is 0 Å². The first-order chi connectivity index (χ1) is 9.57. The topological polar surface area (TPSA) is 50.9 Å². The van der Waals surface area contributed by atoms with Crippen LogP contribution in [0.3, 0.4) is 0 Å². The van der Waals surface area contributed by atoms with Gasteiger partial charge in [-0.15, -0.1) is 0 Å². The molecule has 1 unspecified atom stereocenters. The Morgan fingerprint density at radius 1 is 1.15 bits per heavy atom. The molecule has 3 nitrogen and oxygen atoms in total. The van der Waals surface area contributed by atoms with Gasteiger partial charge in [-0.05, 0) is 18.2 Å². The van der Waals surface area contributed by atoms with E-state index in [1.54, 1.807) is 6.20 Å². The number of aromatic nitrogens is 1. The van der Waals surface area contributed by atoms with E-state index in [1.165, 1.54) is 5.56 Å². The highest BCUT2D eigenvalue weighted by molar-refractivity contribution is 5.44. The second-order valence-corrected chi connectivity index (χ2v) is 5.56. The molecule has 0 aliphatic carbocycles. The van der Waals surface area contributed by atoms with Crippen LogP contribution in [0.25, 0.3) is 0 Å². The van der Waals surface area contributed by atoms with Crippen LogP contribution in [-0.2, 0) is 5.41 Å². The Balaban J connectivity index is 2.45. The molecule has 0 aliphatic rings. The number of nitrogen functional groups attached to an aromatic ring is 1. The Hall–Kier alpha value is -1.87. The van der Waals surface area contributed by atoms with Crippen LogP contribution in [0.15, 0.2) is 48.7 Å². The molecule has 0 radical (unpaired) electrons. The zero-order valence-electron chi connectivity index (χ0n) is 12.4. The van der Waals surface area contributed by atoms with Gasteiger partial charge in [0, 0.05) is 23.2 Å². The van der Waals surface area contributed by atoms with Crippen molar-refractivity contribution >= 4 is 5.82 Å². The Labute approximate surface area is 121 Å². The molecule has 0 bridgehead atoms. The summed E-state index contributed by atoms with van der Waals surface area (Å²) in [4.78, 5) is 4.23. The molecule has 1 heterocycles. The van der Waals surface area contributed by atoms with Crippen LogP contribution in [0, 0.1) is 0 Å². The summed E-state index contributed by atoms with van der Waals surface area (Å²) in [6.07, 6.45) is 1.73. The molecule has 106 valence electrons. The summed E-state index contributed by atoms with van der Waals surface area (Å²) in [6.45, 7) is 7.47. The van der Waals surface area contributed by atoms with Crippen LogP contribution in [-0.4, -0.2) is 11.5 Å². The summed E-state index contributed by atoms with van der Waals surface area (Å²) < 4.78 is 0. The molecule has 2 rings (SSSR count). The fraction of sp³-hybridized carbons (Fsp3) is 0.353. The Bertz CT molecular complexity index is 549. The number of benzene rings is 1. The van der Waals surface area contributed by atoms with Crippen LogP contribution in [0.5, 0.6) is 0 Å². The van der Waals surface area contributed by atoms with E-state index >= 15 is 0 Å².